The van der Waals surface area contributed by atoms with Crippen LogP contribution in [0.5, 0.6) is 0 Å². The molecule has 0 unspecified atom stereocenters. The number of imide groups is 2. The van der Waals surface area contributed by atoms with E-state index >= 15 is 0 Å². The summed E-state index contributed by atoms with van der Waals surface area (Å²) in [4.78, 5) is 52.4. The van der Waals surface area contributed by atoms with Gasteiger partial charge in [0.05, 0.1) is 11.4 Å². The molecule has 32 heavy (non-hydrogen) atoms. The minimum atomic E-state index is -0.499. The van der Waals surface area contributed by atoms with Gasteiger partial charge in [-0.1, -0.05) is 39.8 Å². The number of benzene rings is 2. The van der Waals surface area contributed by atoms with Crippen molar-refractivity contribution in [3.05, 3.63) is 47.5 Å². The van der Waals surface area contributed by atoms with Crippen LogP contribution in [0.1, 0.15) is 38.8 Å². The third-order valence-electron chi connectivity index (χ3n) is 5.42. The van der Waals surface area contributed by atoms with Crippen LogP contribution in [0.25, 0.3) is 0 Å². The molecule has 0 saturated carbocycles. The highest BCUT2D eigenvalue weighted by molar-refractivity contribution is 6.41. The van der Waals surface area contributed by atoms with Gasteiger partial charge >= 0.3 is 12.1 Å². The quantitative estimate of drug-likeness (QED) is 0.661. The molecule has 1 aliphatic heterocycles. The van der Waals surface area contributed by atoms with E-state index in [0.29, 0.717) is 33.9 Å². The molecule has 8 heteroatoms. The van der Waals surface area contributed by atoms with Crippen molar-refractivity contribution in [1.82, 2.24) is 0 Å². The van der Waals surface area contributed by atoms with E-state index in [1.807, 2.05) is 0 Å². The molecule has 6 amide bonds. The van der Waals surface area contributed by atoms with E-state index in [0.717, 1.165) is 9.80 Å². The molecule has 0 radical (unpaired) electrons. The maximum atomic E-state index is 13.0. The first-order chi connectivity index (χ1) is 15.0. The van der Waals surface area contributed by atoms with E-state index in [-0.39, 0.29) is 23.7 Å². The lowest BCUT2D eigenvalue weighted by molar-refractivity contribution is -0.119. The van der Waals surface area contributed by atoms with E-state index in [1.165, 1.54) is 0 Å². The molecule has 3 rings (SSSR count). The van der Waals surface area contributed by atoms with Crippen LogP contribution >= 0.6 is 0 Å². The van der Waals surface area contributed by atoms with Gasteiger partial charge in [0.1, 0.15) is 0 Å². The Hall–Kier alpha value is -3.68. The van der Waals surface area contributed by atoms with E-state index in [2.05, 4.69) is 10.6 Å². The standard InChI is InChI=1S/C24H28N4O4/c1-13(2)21(29)25-17-9-7-11-19(15(17)5)27-23(31)28(24(27)32)20-12-8-10-18(16(20)6)26-22(30)14(3)4/h7-14H,1-6H3,(H,25,29)(H,26,30). The summed E-state index contributed by atoms with van der Waals surface area (Å²) in [5, 5.41) is 5.65. The van der Waals surface area contributed by atoms with Crippen LogP contribution in [0.4, 0.5) is 32.3 Å². The molecular formula is C24H28N4O4. The van der Waals surface area contributed by atoms with Gasteiger partial charge in [-0.05, 0) is 49.2 Å². The molecule has 168 valence electrons. The summed E-state index contributed by atoms with van der Waals surface area (Å²) in [7, 11) is 0. The third-order valence-corrected chi connectivity index (χ3v) is 5.42. The zero-order valence-corrected chi connectivity index (χ0v) is 19.1. The van der Waals surface area contributed by atoms with Crippen LogP contribution in [0, 0.1) is 25.7 Å². The van der Waals surface area contributed by atoms with Crippen molar-refractivity contribution in [3.8, 4) is 0 Å². The Bertz CT molecular complexity index is 1010. The number of nitrogens with one attached hydrogen (secondary N) is 2. The fraction of sp³-hybridized carbons (Fsp3) is 0.333. The van der Waals surface area contributed by atoms with Crippen LogP contribution in [0.15, 0.2) is 36.4 Å². The predicted octanol–water partition coefficient (Wildman–Crippen LogP) is 5.06. The fourth-order valence-corrected chi connectivity index (χ4v) is 3.29. The summed E-state index contributed by atoms with van der Waals surface area (Å²) in [6, 6.07) is 9.18. The summed E-state index contributed by atoms with van der Waals surface area (Å²) in [6.07, 6.45) is 0. The number of hydrogen-bond acceptors (Lipinski definition) is 4. The average Bonchev–Trinajstić information content (AvgIpc) is 2.73. The highest BCUT2D eigenvalue weighted by Gasteiger charge is 2.47. The first-order valence-electron chi connectivity index (χ1n) is 10.5. The lowest BCUT2D eigenvalue weighted by Crippen LogP contribution is -2.65. The molecule has 0 spiro atoms. The van der Waals surface area contributed by atoms with Crippen molar-refractivity contribution in [3.63, 3.8) is 0 Å². The molecule has 1 heterocycles. The highest BCUT2D eigenvalue weighted by atomic mass is 16.2. The number of rotatable bonds is 6. The third kappa shape index (κ3) is 4.08. The van der Waals surface area contributed by atoms with Gasteiger partial charge in [0.2, 0.25) is 11.8 Å². The molecule has 0 bridgehead atoms. The minimum Gasteiger partial charge on any atom is -0.326 e. The van der Waals surface area contributed by atoms with Crippen molar-refractivity contribution in [1.29, 1.82) is 0 Å². The summed E-state index contributed by atoms with van der Waals surface area (Å²) < 4.78 is 0. The Morgan fingerprint density at radius 3 is 1.34 bits per heavy atom. The molecule has 2 N–H and O–H groups in total. The van der Waals surface area contributed by atoms with E-state index < -0.39 is 12.1 Å². The lowest BCUT2D eigenvalue weighted by Gasteiger charge is -2.40. The number of carbonyl (C=O) groups excluding carboxylic acids is 4. The molecule has 1 saturated heterocycles. The zero-order chi connectivity index (χ0) is 23.7. The predicted molar refractivity (Wildman–Crippen MR) is 125 cm³/mol. The van der Waals surface area contributed by atoms with Crippen molar-refractivity contribution in [2.45, 2.75) is 41.5 Å². The summed E-state index contributed by atoms with van der Waals surface area (Å²) in [5.41, 5.74) is 3.18. The van der Waals surface area contributed by atoms with Crippen LogP contribution in [-0.4, -0.2) is 23.9 Å². The SMILES string of the molecule is Cc1c(NC(=O)C(C)C)cccc1N1C(=O)N(c2cccc(NC(=O)C(C)C)c2C)C1=O. The van der Waals surface area contributed by atoms with Gasteiger partial charge in [-0.3, -0.25) is 9.59 Å². The second kappa shape index (κ2) is 8.82. The Balaban J connectivity index is 1.88. The van der Waals surface area contributed by atoms with Gasteiger partial charge in [-0.25, -0.2) is 19.4 Å². The number of anilines is 4. The first-order valence-corrected chi connectivity index (χ1v) is 10.5. The number of carbonyl (C=O) groups is 4. The van der Waals surface area contributed by atoms with Gasteiger partial charge in [0, 0.05) is 23.2 Å². The molecule has 1 aliphatic rings. The Morgan fingerprint density at radius 1 is 0.688 bits per heavy atom. The second-order valence-electron chi connectivity index (χ2n) is 8.42. The lowest BCUT2D eigenvalue weighted by atomic mass is 10.1. The highest BCUT2D eigenvalue weighted by Crippen LogP contribution is 2.37. The van der Waals surface area contributed by atoms with Gasteiger partial charge in [0.15, 0.2) is 0 Å². The molecule has 1 fully saturated rings. The fourth-order valence-electron chi connectivity index (χ4n) is 3.29. The van der Waals surface area contributed by atoms with Crippen LogP contribution in [0.2, 0.25) is 0 Å². The molecule has 2 aromatic carbocycles. The topological polar surface area (TPSA) is 98.8 Å². The first kappa shape index (κ1) is 23.0. The molecule has 0 atom stereocenters. The molecule has 0 aromatic heterocycles. The smallest absolute Gasteiger partial charge is 0.326 e. The van der Waals surface area contributed by atoms with E-state index in [9.17, 15) is 19.2 Å². The molecule has 8 nitrogen and oxygen atoms in total. The second-order valence-corrected chi connectivity index (χ2v) is 8.42. The number of hydrogen-bond donors (Lipinski definition) is 2. The molecular weight excluding hydrogens is 408 g/mol. The maximum Gasteiger partial charge on any atom is 0.345 e. The Morgan fingerprint density at radius 2 is 1.03 bits per heavy atom. The Labute approximate surface area is 187 Å². The van der Waals surface area contributed by atoms with Crippen molar-refractivity contribution < 1.29 is 19.2 Å². The summed E-state index contributed by atoms with van der Waals surface area (Å²) >= 11 is 0. The Kier molecular flexibility index (Phi) is 6.34. The van der Waals surface area contributed by atoms with Crippen molar-refractivity contribution in [2.24, 2.45) is 11.8 Å². The van der Waals surface area contributed by atoms with Crippen LogP contribution in [-0.2, 0) is 9.59 Å². The van der Waals surface area contributed by atoms with Gasteiger partial charge in [0.25, 0.3) is 0 Å². The monoisotopic (exact) mass is 436 g/mol. The molecule has 2 aromatic rings. The maximum absolute atomic E-state index is 13.0. The largest absolute Gasteiger partial charge is 0.345 e. The van der Waals surface area contributed by atoms with Gasteiger partial charge < -0.3 is 10.6 Å². The minimum absolute atomic E-state index is 0.149. The number of nitrogens with zero attached hydrogens (tertiary/aromatic N) is 2. The van der Waals surface area contributed by atoms with E-state index in [1.54, 1.807) is 77.9 Å². The normalized spacial score (nSPS) is 13.5. The number of amides is 6. The number of urea groups is 2. The summed E-state index contributed by atoms with van der Waals surface area (Å²) in [5.74, 6) is -0.701. The summed E-state index contributed by atoms with van der Waals surface area (Å²) in [6.45, 7) is 10.7. The average molecular weight is 437 g/mol. The molecule has 0 aliphatic carbocycles. The van der Waals surface area contributed by atoms with Gasteiger partial charge in [-0.15, -0.1) is 0 Å². The van der Waals surface area contributed by atoms with Crippen LogP contribution in [0.3, 0.4) is 0 Å². The van der Waals surface area contributed by atoms with Crippen LogP contribution < -0.4 is 20.4 Å². The zero-order valence-electron chi connectivity index (χ0n) is 19.1. The van der Waals surface area contributed by atoms with Crippen molar-refractivity contribution >= 4 is 46.6 Å². The van der Waals surface area contributed by atoms with Crippen molar-refractivity contribution in [2.75, 3.05) is 20.4 Å². The van der Waals surface area contributed by atoms with E-state index in [4.69, 9.17) is 0 Å². The van der Waals surface area contributed by atoms with Gasteiger partial charge in [-0.2, -0.15) is 0 Å².